The Morgan fingerprint density at radius 3 is 1.06 bits per heavy atom. The Bertz CT molecular complexity index is 4690. The molecule has 0 aliphatic heterocycles. The van der Waals surface area contributed by atoms with Crippen molar-refractivity contribution in [1.29, 1.82) is 0 Å². The third-order valence-corrected chi connectivity index (χ3v) is 15.7. The lowest BCUT2D eigenvalue weighted by atomic mass is 9.92. The molecular formula is C72H45N3O2. The molecule has 16 rings (SSSR count). The highest BCUT2D eigenvalue weighted by Crippen LogP contribution is 2.44. The lowest BCUT2D eigenvalue weighted by molar-refractivity contribution is 0.669. The van der Waals surface area contributed by atoms with Crippen molar-refractivity contribution < 1.29 is 8.83 Å². The highest BCUT2D eigenvalue weighted by atomic mass is 16.3. The van der Waals surface area contributed by atoms with Crippen LogP contribution >= 0.6 is 0 Å². The van der Waals surface area contributed by atoms with Crippen molar-refractivity contribution in [3.8, 4) is 44.8 Å². The van der Waals surface area contributed by atoms with E-state index in [0.29, 0.717) is 0 Å². The molecule has 0 aliphatic carbocycles. The number of furan rings is 2. The fraction of sp³-hybridized carbons (Fsp3) is 0. The first-order valence-corrected chi connectivity index (χ1v) is 26.2. The minimum absolute atomic E-state index is 0.838. The van der Waals surface area contributed by atoms with Gasteiger partial charge in [-0.3, -0.25) is 0 Å². The summed E-state index contributed by atoms with van der Waals surface area (Å²) in [5, 5.41) is 9.27. The van der Waals surface area contributed by atoms with E-state index in [1.165, 1.54) is 43.6 Å². The molecule has 0 atom stereocenters. The largest absolute Gasteiger partial charge is 0.456 e. The molecule has 5 heteroatoms. The number of aromatic nitrogens is 2. The normalized spacial score (nSPS) is 11.9. The molecule has 0 radical (unpaired) electrons. The van der Waals surface area contributed by atoms with Gasteiger partial charge in [0.25, 0.3) is 0 Å². The van der Waals surface area contributed by atoms with E-state index in [9.17, 15) is 0 Å². The maximum absolute atomic E-state index is 6.48. The van der Waals surface area contributed by atoms with Gasteiger partial charge in [-0.05, 0) is 161 Å². The monoisotopic (exact) mass is 983 g/mol. The quantitative estimate of drug-likeness (QED) is 0.152. The Morgan fingerprint density at radius 1 is 0.221 bits per heavy atom. The molecule has 4 aromatic heterocycles. The number of anilines is 3. The second-order valence-corrected chi connectivity index (χ2v) is 20.1. The van der Waals surface area contributed by atoms with E-state index in [4.69, 9.17) is 8.83 Å². The van der Waals surface area contributed by atoms with Crippen LogP contribution < -0.4 is 4.90 Å². The molecule has 0 N–H and O–H groups in total. The van der Waals surface area contributed by atoms with Crippen LogP contribution in [0.3, 0.4) is 0 Å². The van der Waals surface area contributed by atoms with Gasteiger partial charge in [-0.2, -0.15) is 0 Å². The van der Waals surface area contributed by atoms with Crippen molar-refractivity contribution in [2.45, 2.75) is 0 Å². The van der Waals surface area contributed by atoms with Gasteiger partial charge in [-0.15, -0.1) is 0 Å². The zero-order valence-corrected chi connectivity index (χ0v) is 41.6. The lowest BCUT2D eigenvalue weighted by Crippen LogP contribution is -2.09. The van der Waals surface area contributed by atoms with Gasteiger partial charge in [0, 0.05) is 83.7 Å². The molecule has 0 aliphatic rings. The number of hydrogen-bond donors (Lipinski definition) is 0. The number of benzene rings is 12. The molecule has 16 aromatic rings. The van der Waals surface area contributed by atoms with Crippen LogP contribution in [0.15, 0.2) is 282 Å². The van der Waals surface area contributed by atoms with Crippen LogP contribution in [0.5, 0.6) is 0 Å². The molecule has 0 unspecified atom stereocenters. The predicted molar refractivity (Wildman–Crippen MR) is 321 cm³/mol. The van der Waals surface area contributed by atoms with E-state index in [1.807, 2.05) is 24.3 Å². The molecule has 0 bridgehead atoms. The maximum Gasteiger partial charge on any atom is 0.137 e. The van der Waals surface area contributed by atoms with Gasteiger partial charge in [-0.25, -0.2) is 0 Å². The van der Waals surface area contributed by atoms with Crippen molar-refractivity contribution >= 4 is 105 Å². The van der Waals surface area contributed by atoms with Gasteiger partial charge in [0.15, 0.2) is 0 Å². The van der Waals surface area contributed by atoms with Gasteiger partial charge in [0.05, 0.1) is 22.1 Å². The third-order valence-electron chi connectivity index (χ3n) is 15.7. The second kappa shape index (κ2) is 17.1. The summed E-state index contributed by atoms with van der Waals surface area (Å²) in [7, 11) is 0. The fourth-order valence-corrected chi connectivity index (χ4v) is 12.1. The Balaban J connectivity index is 0.867. The number of para-hydroxylation sites is 6. The minimum atomic E-state index is 0.838. The topological polar surface area (TPSA) is 39.4 Å². The summed E-state index contributed by atoms with van der Waals surface area (Å²) in [6, 6.07) is 98.4. The van der Waals surface area contributed by atoms with Crippen LogP contribution in [-0.2, 0) is 0 Å². The van der Waals surface area contributed by atoms with E-state index >= 15 is 0 Å². The summed E-state index contributed by atoms with van der Waals surface area (Å²) in [5.74, 6) is 0. The van der Waals surface area contributed by atoms with Crippen molar-refractivity contribution in [2.75, 3.05) is 4.90 Å². The molecule has 0 saturated carbocycles. The molecule has 0 saturated heterocycles. The smallest absolute Gasteiger partial charge is 0.137 e. The van der Waals surface area contributed by atoms with Crippen molar-refractivity contribution in [1.82, 2.24) is 9.13 Å². The van der Waals surface area contributed by atoms with Crippen molar-refractivity contribution in [2.24, 2.45) is 0 Å². The van der Waals surface area contributed by atoms with E-state index in [1.54, 1.807) is 0 Å². The fourth-order valence-electron chi connectivity index (χ4n) is 12.1. The molecule has 4 heterocycles. The van der Waals surface area contributed by atoms with Crippen LogP contribution in [0.2, 0.25) is 0 Å². The van der Waals surface area contributed by atoms with Crippen LogP contribution in [0.25, 0.3) is 132 Å². The Kier molecular flexibility index (Phi) is 9.57. The second-order valence-electron chi connectivity index (χ2n) is 20.1. The Morgan fingerprint density at radius 2 is 0.584 bits per heavy atom. The first-order valence-electron chi connectivity index (χ1n) is 26.2. The van der Waals surface area contributed by atoms with Crippen molar-refractivity contribution in [3.63, 3.8) is 0 Å². The highest BCUT2D eigenvalue weighted by molar-refractivity contribution is 6.13. The van der Waals surface area contributed by atoms with Crippen LogP contribution in [0.4, 0.5) is 17.1 Å². The predicted octanol–water partition coefficient (Wildman–Crippen LogP) is 20.2. The van der Waals surface area contributed by atoms with E-state index in [2.05, 4.69) is 263 Å². The number of nitrogens with zero attached hydrogens (tertiary/aromatic N) is 3. The zero-order valence-electron chi connectivity index (χ0n) is 41.6. The van der Waals surface area contributed by atoms with E-state index in [0.717, 1.165) is 106 Å². The minimum Gasteiger partial charge on any atom is -0.456 e. The average Bonchev–Trinajstić information content (AvgIpc) is 4.26. The summed E-state index contributed by atoms with van der Waals surface area (Å²) < 4.78 is 17.7. The molecule has 12 aromatic carbocycles. The number of rotatable bonds is 8. The van der Waals surface area contributed by atoms with E-state index in [-0.39, 0.29) is 0 Å². The highest BCUT2D eigenvalue weighted by Gasteiger charge is 2.20. The molecular weight excluding hydrogens is 939 g/mol. The first kappa shape index (κ1) is 43.1. The summed E-state index contributed by atoms with van der Waals surface area (Å²) >= 11 is 0. The SMILES string of the molecule is c1ccc(-n2c3ccccc3c3cc(-c4cc(-c5ccc(N(c6ccc7c(c6)oc6ccccc67)c6ccc7c(c6)oc6ccccc67)cc5)cc(-c5ccc6c(c5)c5ccccc5n6-c5ccccc5)c4)ccc32)cc1. The van der Waals surface area contributed by atoms with Crippen LogP contribution in [0, 0.1) is 0 Å². The summed E-state index contributed by atoms with van der Waals surface area (Å²) in [5.41, 5.74) is 20.3. The first-order chi connectivity index (χ1) is 38.1. The molecule has 5 nitrogen and oxygen atoms in total. The van der Waals surface area contributed by atoms with Crippen LogP contribution in [0.1, 0.15) is 0 Å². The van der Waals surface area contributed by atoms with Crippen molar-refractivity contribution in [3.05, 3.63) is 273 Å². The molecule has 0 amide bonds. The van der Waals surface area contributed by atoms with Gasteiger partial charge in [-0.1, -0.05) is 133 Å². The number of hydrogen-bond acceptors (Lipinski definition) is 3. The van der Waals surface area contributed by atoms with Gasteiger partial charge in [0.1, 0.15) is 22.3 Å². The average molecular weight is 984 g/mol. The van der Waals surface area contributed by atoms with Gasteiger partial charge >= 0.3 is 0 Å². The standard InChI is InChI=1S/C72H45N3O2/c1-3-15-52(16-4-1)74-65-23-11-7-19-57(65)63-42-47(29-37-67(63)74)50-39-49(40-51(41-50)48-30-38-68-64(43-48)58-20-8-12-24-66(58)75(68)53-17-5-2-6-18-53)46-27-31-54(32-28-46)73(55-33-35-61-59-21-9-13-25-69(59)76-71(61)44-55)56-34-36-62-60-22-10-14-26-70(60)77-72(62)45-56/h1-45H. The Labute approximate surface area is 442 Å². The van der Waals surface area contributed by atoms with E-state index < -0.39 is 0 Å². The molecule has 0 spiro atoms. The summed E-state index contributed by atoms with van der Waals surface area (Å²) in [6.45, 7) is 0. The molecule has 360 valence electrons. The third kappa shape index (κ3) is 6.95. The lowest BCUT2D eigenvalue weighted by Gasteiger charge is -2.25. The summed E-state index contributed by atoms with van der Waals surface area (Å²) in [4.78, 5) is 2.30. The summed E-state index contributed by atoms with van der Waals surface area (Å²) in [6.07, 6.45) is 0. The number of fused-ring (bicyclic) bond motifs is 12. The zero-order chi connectivity index (χ0) is 50.6. The Hall–Kier alpha value is -10.4. The van der Waals surface area contributed by atoms with Gasteiger partial charge < -0.3 is 22.9 Å². The molecule has 77 heavy (non-hydrogen) atoms. The maximum atomic E-state index is 6.48. The van der Waals surface area contributed by atoms with Crippen LogP contribution in [-0.4, -0.2) is 9.13 Å². The molecule has 0 fully saturated rings. The van der Waals surface area contributed by atoms with Gasteiger partial charge in [0.2, 0.25) is 0 Å².